The van der Waals surface area contributed by atoms with Crippen molar-refractivity contribution in [2.75, 3.05) is 0 Å². The Labute approximate surface area is 168 Å². The number of phenols is 2. The molecule has 0 fully saturated rings. The first-order chi connectivity index (χ1) is 13.5. The zero-order valence-corrected chi connectivity index (χ0v) is 17.1. The van der Waals surface area contributed by atoms with Crippen molar-refractivity contribution in [3.63, 3.8) is 0 Å². The van der Waals surface area contributed by atoms with Crippen molar-refractivity contribution in [3.8, 4) is 11.5 Å². The van der Waals surface area contributed by atoms with E-state index in [2.05, 4.69) is 6.92 Å². The van der Waals surface area contributed by atoms with Gasteiger partial charge in [0.25, 0.3) is 0 Å². The molecular formula is C22H35NO5. The molecule has 0 aliphatic rings. The van der Waals surface area contributed by atoms with Crippen LogP contribution in [-0.2, 0) is 0 Å². The topological polar surface area (TPSA) is 101 Å². The fourth-order valence-electron chi connectivity index (χ4n) is 3.37. The SMILES string of the molecule is CCCCCCCCCCCCCCCC(=O)c1cc([N+](=O)[O-])c(O)cc1O. The molecule has 0 atom stereocenters. The largest absolute Gasteiger partial charge is 0.507 e. The van der Waals surface area contributed by atoms with E-state index >= 15 is 0 Å². The van der Waals surface area contributed by atoms with Crippen molar-refractivity contribution in [2.45, 2.75) is 96.8 Å². The van der Waals surface area contributed by atoms with Gasteiger partial charge in [0, 0.05) is 18.6 Å². The fraction of sp³-hybridized carbons (Fsp3) is 0.682. The van der Waals surface area contributed by atoms with Crippen LogP contribution in [0.1, 0.15) is 107 Å². The summed E-state index contributed by atoms with van der Waals surface area (Å²) in [5.74, 6) is -1.38. The van der Waals surface area contributed by atoms with Crippen LogP contribution in [0, 0.1) is 10.1 Å². The summed E-state index contributed by atoms with van der Waals surface area (Å²) in [5, 5.41) is 30.1. The van der Waals surface area contributed by atoms with E-state index in [0.717, 1.165) is 25.0 Å². The summed E-state index contributed by atoms with van der Waals surface area (Å²) >= 11 is 0. The van der Waals surface area contributed by atoms with Gasteiger partial charge in [-0.1, -0.05) is 84.0 Å². The lowest BCUT2D eigenvalue weighted by molar-refractivity contribution is -0.385. The van der Waals surface area contributed by atoms with E-state index < -0.39 is 22.1 Å². The van der Waals surface area contributed by atoms with Crippen LogP contribution in [0.5, 0.6) is 11.5 Å². The molecule has 0 aromatic heterocycles. The van der Waals surface area contributed by atoms with Crippen molar-refractivity contribution in [1.82, 2.24) is 0 Å². The number of hydrogen-bond acceptors (Lipinski definition) is 5. The van der Waals surface area contributed by atoms with Crippen LogP contribution in [0.4, 0.5) is 5.69 Å². The summed E-state index contributed by atoms with van der Waals surface area (Å²) in [5.41, 5.74) is -0.657. The maximum atomic E-state index is 12.2. The van der Waals surface area contributed by atoms with Crippen LogP contribution >= 0.6 is 0 Å². The predicted molar refractivity (Wildman–Crippen MR) is 111 cm³/mol. The lowest BCUT2D eigenvalue weighted by atomic mass is 10.0. The molecule has 0 unspecified atom stereocenters. The average molecular weight is 394 g/mol. The zero-order valence-electron chi connectivity index (χ0n) is 17.1. The predicted octanol–water partition coefficient (Wildman–Crippen LogP) is 6.67. The summed E-state index contributed by atoms with van der Waals surface area (Å²) < 4.78 is 0. The molecule has 0 aliphatic carbocycles. The second-order valence-corrected chi connectivity index (χ2v) is 7.53. The molecule has 0 aliphatic heterocycles. The number of nitrogens with zero attached hydrogens (tertiary/aromatic N) is 1. The van der Waals surface area contributed by atoms with Crippen molar-refractivity contribution < 1.29 is 19.9 Å². The van der Waals surface area contributed by atoms with E-state index in [1.165, 1.54) is 64.2 Å². The Hall–Kier alpha value is -2.11. The molecular weight excluding hydrogens is 358 g/mol. The standard InChI is InChI=1S/C22H35NO5/c1-2-3-4-5-6-7-8-9-10-11-12-13-14-15-20(24)18-16-19(23(27)28)22(26)17-21(18)25/h16-17,25-26H,2-15H2,1H3. The number of hydrogen-bond donors (Lipinski definition) is 2. The molecule has 1 aromatic rings. The molecule has 1 rings (SSSR count). The average Bonchev–Trinajstić information content (AvgIpc) is 2.65. The maximum absolute atomic E-state index is 12.2. The number of ketones is 1. The highest BCUT2D eigenvalue weighted by molar-refractivity contribution is 5.99. The molecule has 0 amide bonds. The van der Waals surface area contributed by atoms with Crippen molar-refractivity contribution >= 4 is 11.5 Å². The first-order valence-electron chi connectivity index (χ1n) is 10.7. The number of phenolic OH excluding ortho intramolecular Hbond substituents is 2. The molecule has 2 N–H and O–H groups in total. The summed E-state index contributed by atoms with van der Waals surface area (Å²) in [7, 11) is 0. The Bertz CT molecular complexity index is 615. The molecule has 1 aromatic carbocycles. The molecule has 0 heterocycles. The van der Waals surface area contributed by atoms with Gasteiger partial charge in [-0.25, -0.2) is 0 Å². The normalized spacial score (nSPS) is 10.9. The van der Waals surface area contributed by atoms with Crippen molar-refractivity contribution in [3.05, 3.63) is 27.8 Å². The number of carbonyl (C=O) groups excluding carboxylic acids is 1. The zero-order chi connectivity index (χ0) is 20.8. The fourth-order valence-corrected chi connectivity index (χ4v) is 3.37. The van der Waals surface area contributed by atoms with Gasteiger partial charge in [0.2, 0.25) is 0 Å². The molecule has 0 bridgehead atoms. The Morgan fingerprint density at radius 2 is 1.29 bits per heavy atom. The van der Waals surface area contributed by atoms with Gasteiger partial charge < -0.3 is 10.2 Å². The highest BCUT2D eigenvalue weighted by atomic mass is 16.6. The number of unbranched alkanes of at least 4 members (excludes halogenated alkanes) is 12. The molecule has 158 valence electrons. The monoisotopic (exact) mass is 393 g/mol. The summed E-state index contributed by atoms with van der Waals surface area (Å²) in [6, 6.07) is 1.81. The number of rotatable bonds is 16. The summed E-state index contributed by atoms with van der Waals surface area (Å²) in [4.78, 5) is 22.3. The van der Waals surface area contributed by atoms with Crippen LogP contribution in [0.3, 0.4) is 0 Å². The van der Waals surface area contributed by atoms with Crippen LogP contribution < -0.4 is 0 Å². The van der Waals surface area contributed by atoms with E-state index in [0.29, 0.717) is 6.42 Å². The molecule has 28 heavy (non-hydrogen) atoms. The van der Waals surface area contributed by atoms with Crippen LogP contribution in [0.25, 0.3) is 0 Å². The number of nitro groups is 1. The summed E-state index contributed by atoms with van der Waals surface area (Å²) in [6.45, 7) is 2.24. The lowest BCUT2D eigenvalue weighted by Crippen LogP contribution is -2.01. The Kier molecular flexibility index (Phi) is 11.9. The number of Topliss-reactive ketones (excluding diaryl/α,β-unsaturated/α-hetero) is 1. The van der Waals surface area contributed by atoms with Crippen LogP contribution in [-0.4, -0.2) is 20.9 Å². The maximum Gasteiger partial charge on any atom is 0.311 e. The van der Waals surface area contributed by atoms with Gasteiger partial charge in [-0.2, -0.15) is 0 Å². The van der Waals surface area contributed by atoms with Gasteiger partial charge in [0.1, 0.15) is 5.75 Å². The minimum atomic E-state index is -0.767. The molecule has 0 spiro atoms. The Morgan fingerprint density at radius 3 is 1.75 bits per heavy atom. The van der Waals surface area contributed by atoms with Gasteiger partial charge in [0.15, 0.2) is 11.5 Å². The number of carbonyl (C=O) groups is 1. The highest BCUT2D eigenvalue weighted by Gasteiger charge is 2.21. The summed E-state index contributed by atoms with van der Waals surface area (Å²) in [6.07, 6.45) is 16.0. The lowest BCUT2D eigenvalue weighted by Gasteiger charge is -2.06. The van der Waals surface area contributed by atoms with Gasteiger partial charge in [-0.3, -0.25) is 14.9 Å². The molecule has 0 radical (unpaired) electrons. The molecule has 6 heteroatoms. The van der Waals surface area contributed by atoms with Gasteiger partial charge in [-0.05, 0) is 6.42 Å². The second-order valence-electron chi connectivity index (χ2n) is 7.53. The van der Waals surface area contributed by atoms with E-state index in [9.17, 15) is 25.1 Å². The minimum absolute atomic E-state index is 0.0940. The molecule has 0 saturated carbocycles. The smallest absolute Gasteiger partial charge is 0.311 e. The number of benzene rings is 1. The van der Waals surface area contributed by atoms with Gasteiger partial charge in [-0.15, -0.1) is 0 Å². The minimum Gasteiger partial charge on any atom is -0.507 e. The van der Waals surface area contributed by atoms with E-state index in [-0.39, 0.29) is 17.8 Å². The first kappa shape index (κ1) is 23.9. The highest BCUT2D eigenvalue weighted by Crippen LogP contribution is 2.33. The van der Waals surface area contributed by atoms with Gasteiger partial charge in [0.05, 0.1) is 10.5 Å². The molecule has 0 saturated heterocycles. The van der Waals surface area contributed by atoms with Crippen molar-refractivity contribution in [2.24, 2.45) is 0 Å². The third kappa shape index (κ3) is 9.20. The number of aromatic hydroxyl groups is 2. The quantitative estimate of drug-likeness (QED) is 0.141. The van der Waals surface area contributed by atoms with Crippen molar-refractivity contribution in [1.29, 1.82) is 0 Å². The third-order valence-corrected chi connectivity index (χ3v) is 5.10. The first-order valence-corrected chi connectivity index (χ1v) is 10.7. The number of nitro benzene ring substituents is 1. The van der Waals surface area contributed by atoms with Crippen LogP contribution in [0.2, 0.25) is 0 Å². The Balaban J connectivity index is 2.13. The van der Waals surface area contributed by atoms with Gasteiger partial charge >= 0.3 is 5.69 Å². The van der Waals surface area contributed by atoms with Crippen LogP contribution in [0.15, 0.2) is 12.1 Å². The second kappa shape index (κ2) is 14.0. The molecule has 6 nitrogen and oxygen atoms in total. The van der Waals surface area contributed by atoms with E-state index in [4.69, 9.17) is 0 Å². The third-order valence-electron chi connectivity index (χ3n) is 5.10. The van der Waals surface area contributed by atoms with E-state index in [1.54, 1.807) is 0 Å². The van der Waals surface area contributed by atoms with E-state index in [1.807, 2.05) is 0 Å². The Morgan fingerprint density at radius 1 is 0.821 bits per heavy atom.